The predicted molar refractivity (Wildman–Crippen MR) is 115 cm³/mol. The summed E-state index contributed by atoms with van der Waals surface area (Å²) >= 11 is 1.65. The van der Waals surface area contributed by atoms with Crippen LogP contribution in [0.25, 0.3) is 10.6 Å². The quantitative estimate of drug-likeness (QED) is 0.676. The molecular formula is C21H27N5O3S. The van der Waals surface area contributed by atoms with Crippen molar-refractivity contribution in [3.8, 4) is 10.6 Å². The van der Waals surface area contributed by atoms with Crippen LogP contribution in [-0.4, -0.2) is 59.5 Å². The third-order valence-corrected chi connectivity index (χ3v) is 6.95. The Kier molecular flexibility index (Phi) is 5.83. The monoisotopic (exact) mass is 429 g/mol. The first-order chi connectivity index (χ1) is 14.8. The highest BCUT2D eigenvalue weighted by Crippen LogP contribution is 2.29. The van der Waals surface area contributed by atoms with E-state index in [1.165, 1.54) is 19.3 Å². The van der Waals surface area contributed by atoms with Gasteiger partial charge < -0.3 is 25.4 Å². The zero-order valence-corrected chi connectivity index (χ0v) is 17.6. The van der Waals surface area contributed by atoms with Crippen LogP contribution in [0.2, 0.25) is 0 Å². The summed E-state index contributed by atoms with van der Waals surface area (Å²) in [5.74, 6) is 0.560. The number of thiophene rings is 1. The molecule has 8 nitrogen and oxygen atoms in total. The van der Waals surface area contributed by atoms with Gasteiger partial charge in [-0.3, -0.25) is 0 Å². The Labute approximate surface area is 179 Å². The molecule has 2 aromatic rings. The fourth-order valence-corrected chi connectivity index (χ4v) is 5.24. The van der Waals surface area contributed by atoms with Gasteiger partial charge in [-0.2, -0.15) is 0 Å². The van der Waals surface area contributed by atoms with Crippen LogP contribution in [-0.2, 0) is 9.47 Å². The minimum atomic E-state index is -0.167. The number of rotatable bonds is 5. The number of carbonyl (C=O) groups excluding carboxylic acids is 1. The molecule has 3 N–H and O–H groups in total. The second-order valence-electron chi connectivity index (χ2n) is 8.15. The molecule has 1 saturated carbocycles. The Balaban J connectivity index is 1.17. The first kappa shape index (κ1) is 19.7. The molecule has 9 heteroatoms. The largest absolute Gasteiger partial charge is 0.371 e. The Morgan fingerprint density at radius 3 is 2.63 bits per heavy atom. The summed E-state index contributed by atoms with van der Waals surface area (Å²) in [6.45, 7) is 0.937. The van der Waals surface area contributed by atoms with Crippen LogP contribution in [0, 0.1) is 0 Å². The van der Waals surface area contributed by atoms with Crippen molar-refractivity contribution in [1.29, 1.82) is 0 Å². The highest BCUT2D eigenvalue weighted by Gasteiger charge is 2.48. The van der Waals surface area contributed by atoms with E-state index in [1.807, 2.05) is 23.6 Å². The molecule has 0 bridgehead atoms. The lowest BCUT2D eigenvalue weighted by atomic mass is 9.96. The minimum Gasteiger partial charge on any atom is -0.371 e. The zero-order chi connectivity index (χ0) is 20.3. The third-order valence-electron chi connectivity index (χ3n) is 6.05. The Morgan fingerprint density at radius 1 is 1.03 bits per heavy atom. The van der Waals surface area contributed by atoms with Gasteiger partial charge in [0.15, 0.2) is 0 Å². The molecule has 0 aromatic carbocycles. The molecule has 0 radical (unpaired) electrons. The molecule has 30 heavy (non-hydrogen) atoms. The number of carbonyl (C=O) groups is 1. The number of amides is 2. The molecule has 2 amide bonds. The van der Waals surface area contributed by atoms with E-state index in [4.69, 9.17) is 9.47 Å². The molecule has 2 aromatic heterocycles. The maximum atomic E-state index is 12.4. The number of urea groups is 1. The number of aromatic nitrogens is 2. The second kappa shape index (κ2) is 8.87. The summed E-state index contributed by atoms with van der Waals surface area (Å²) in [6, 6.07) is 5.91. The SMILES string of the molecule is O=C(NC1CCCCC1)N[C@H]1CO[C@H]2[C@H]1OC[C@H]2Nc1nccc(-c2cccs2)n1. The molecule has 160 valence electrons. The summed E-state index contributed by atoms with van der Waals surface area (Å²) in [6.07, 6.45) is 7.22. The Hall–Kier alpha value is -2.23. The Morgan fingerprint density at radius 2 is 1.83 bits per heavy atom. The standard InChI is InChI=1S/C21H27N5O3S/c27-21(23-13-5-2-1-3-6-13)26-16-12-29-18-15(11-28-19(16)18)25-20-22-9-8-14(24-20)17-7-4-10-30-17/h4,7-10,13,15-16,18-19H,1-3,5-6,11-12H2,(H,22,24,25)(H2,23,26,27)/t15-,16+,18-,19+/m1/s1. The van der Waals surface area contributed by atoms with Crippen molar-refractivity contribution in [2.45, 2.75) is 62.4 Å². The molecule has 2 saturated heterocycles. The summed E-state index contributed by atoms with van der Waals surface area (Å²) < 4.78 is 12.0. The zero-order valence-electron chi connectivity index (χ0n) is 16.8. The van der Waals surface area contributed by atoms with Crippen LogP contribution in [0.1, 0.15) is 32.1 Å². The van der Waals surface area contributed by atoms with E-state index >= 15 is 0 Å². The Bertz CT molecular complexity index is 858. The van der Waals surface area contributed by atoms with E-state index in [0.29, 0.717) is 19.2 Å². The van der Waals surface area contributed by atoms with Crippen molar-refractivity contribution in [3.05, 3.63) is 29.8 Å². The lowest BCUT2D eigenvalue weighted by molar-refractivity contribution is 0.0681. The molecule has 5 rings (SSSR count). The highest BCUT2D eigenvalue weighted by atomic mass is 32.1. The molecule has 4 heterocycles. The first-order valence-electron chi connectivity index (χ1n) is 10.7. The van der Waals surface area contributed by atoms with Crippen LogP contribution in [0.5, 0.6) is 0 Å². The van der Waals surface area contributed by atoms with Crippen molar-refractivity contribution in [3.63, 3.8) is 0 Å². The molecule has 0 spiro atoms. The molecular weight excluding hydrogens is 402 g/mol. The smallest absolute Gasteiger partial charge is 0.315 e. The van der Waals surface area contributed by atoms with Crippen molar-refractivity contribution >= 4 is 23.3 Å². The van der Waals surface area contributed by atoms with Crippen LogP contribution in [0.15, 0.2) is 29.8 Å². The van der Waals surface area contributed by atoms with Crippen LogP contribution < -0.4 is 16.0 Å². The van der Waals surface area contributed by atoms with E-state index in [1.54, 1.807) is 17.5 Å². The average Bonchev–Trinajstić information content (AvgIpc) is 3.50. The van der Waals surface area contributed by atoms with Gasteiger partial charge in [0.05, 0.1) is 35.9 Å². The van der Waals surface area contributed by atoms with Gasteiger partial charge in [-0.1, -0.05) is 25.3 Å². The van der Waals surface area contributed by atoms with E-state index in [2.05, 4.69) is 25.9 Å². The van der Waals surface area contributed by atoms with Gasteiger partial charge in [-0.25, -0.2) is 14.8 Å². The van der Waals surface area contributed by atoms with Crippen LogP contribution in [0.3, 0.4) is 0 Å². The van der Waals surface area contributed by atoms with Gasteiger partial charge in [0, 0.05) is 12.2 Å². The lowest BCUT2D eigenvalue weighted by Gasteiger charge is -2.24. The van der Waals surface area contributed by atoms with Crippen molar-refractivity contribution in [2.24, 2.45) is 0 Å². The average molecular weight is 430 g/mol. The molecule has 1 aliphatic carbocycles. The number of fused-ring (bicyclic) bond motifs is 1. The van der Waals surface area contributed by atoms with Gasteiger partial charge in [0.2, 0.25) is 5.95 Å². The topological polar surface area (TPSA) is 97.4 Å². The number of nitrogens with one attached hydrogen (secondary N) is 3. The van der Waals surface area contributed by atoms with Crippen LogP contribution in [0.4, 0.5) is 10.7 Å². The summed E-state index contributed by atoms with van der Waals surface area (Å²) in [5.41, 5.74) is 0.893. The van der Waals surface area contributed by atoms with Gasteiger partial charge in [0.25, 0.3) is 0 Å². The van der Waals surface area contributed by atoms with E-state index in [-0.39, 0.29) is 36.4 Å². The van der Waals surface area contributed by atoms with Gasteiger partial charge in [0.1, 0.15) is 12.2 Å². The van der Waals surface area contributed by atoms with Gasteiger partial charge >= 0.3 is 6.03 Å². The lowest BCUT2D eigenvalue weighted by Crippen LogP contribution is -2.51. The van der Waals surface area contributed by atoms with Crippen LogP contribution >= 0.6 is 11.3 Å². The fourth-order valence-electron chi connectivity index (χ4n) is 4.54. The number of anilines is 1. The van der Waals surface area contributed by atoms with E-state index in [0.717, 1.165) is 23.4 Å². The summed E-state index contributed by atoms with van der Waals surface area (Å²) in [7, 11) is 0. The highest BCUT2D eigenvalue weighted by molar-refractivity contribution is 7.13. The van der Waals surface area contributed by atoms with E-state index < -0.39 is 0 Å². The minimum absolute atomic E-state index is 0.0539. The summed E-state index contributed by atoms with van der Waals surface area (Å²) in [4.78, 5) is 22.5. The van der Waals surface area contributed by atoms with Crippen molar-refractivity contribution in [1.82, 2.24) is 20.6 Å². The first-order valence-corrected chi connectivity index (χ1v) is 11.6. The number of hydrogen-bond donors (Lipinski definition) is 3. The van der Waals surface area contributed by atoms with Gasteiger partial charge in [-0.05, 0) is 30.4 Å². The normalized spacial score (nSPS) is 28.8. The predicted octanol–water partition coefficient (Wildman–Crippen LogP) is 2.78. The maximum Gasteiger partial charge on any atom is 0.315 e. The molecule has 2 aliphatic heterocycles. The fraction of sp³-hybridized carbons (Fsp3) is 0.571. The number of nitrogens with zero attached hydrogens (tertiary/aromatic N) is 2. The molecule has 3 fully saturated rings. The molecule has 4 atom stereocenters. The third kappa shape index (κ3) is 4.28. The molecule has 0 unspecified atom stereocenters. The summed E-state index contributed by atoms with van der Waals surface area (Å²) in [5, 5.41) is 11.5. The number of ether oxygens (including phenoxy) is 2. The number of hydrogen-bond acceptors (Lipinski definition) is 7. The van der Waals surface area contributed by atoms with Gasteiger partial charge in [-0.15, -0.1) is 11.3 Å². The maximum absolute atomic E-state index is 12.4. The second-order valence-corrected chi connectivity index (χ2v) is 9.10. The van der Waals surface area contributed by atoms with Crippen molar-refractivity contribution < 1.29 is 14.3 Å². The van der Waals surface area contributed by atoms with E-state index in [9.17, 15) is 4.79 Å². The van der Waals surface area contributed by atoms with Crippen molar-refractivity contribution in [2.75, 3.05) is 18.5 Å². The molecule has 3 aliphatic rings.